The predicted molar refractivity (Wildman–Crippen MR) is 60.5 cm³/mol. The average Bonchev–Trinajstić information content (AvgIpc) is 2.27. The van der Waals surface area contributed by atoms with Crippen LogP contribution >= 0.6 is 11.6 Å². The van der Waals surface area contributed by atoms with E-state index in [4.69, 9.17) is 26.8 Å². The third-order valence-corrected chi connectivity index (χ3v) is 2.57. The topological polar surface area (TPSA) is 70.3 Å². The second kappa shape index (κ2) is 5.32. The lowest BCUT2D eigenvalue weighted by atomic mass is 10.1. The zero-order valence-corrected chi connectivity index (χ0v) is 9.61. The van der Waals surface area contributed by atoms with Crippen molar-refractivity contribution in [2.75, 3.05) is 18.9 Å². The Labute approximate surface area is 98.9 Å². The van der Waals surface area contributed by atoms with E-state index >= 15 is 0 Å². The van der Waals surface area contributed by atoms with Gasteiger partial charge in [0.25, 0.3) is 0 Å². The van der Waals surface area contributed by atoms with Crippen molar-refractivity contribution in [2.45, 2.75) is 25.4 Å². The summed E-state index contributed by atoms with van der Waals surface area (Å²) in [6, 6.07) is 1.54. The molecule has 2 heterocycles. The first-order chi connectivity index (χ1) is 7.74. The summed E-state index contributed by atoms with van der Waals surface area (Å²) in [5.74, 6) is 0.513. The molecule has 0 spiro atoms. The molecule has 1 aromatic rings. The Morgan fingerprint density at radius 2 is 2.38 bits per heavy atom. The van der Waals surface area contributed by atoms with Crippen molar-refractivity contribution in [3.8, 4) is 5.88 Å². The SMILES string of the molecule is Nc1nc(Cl)cc(OCC2CCCCO2)n1. The van der Waals surface area contributed by atoms with Crippen molar-refractivity contribution < 1.29 is 9.47 Å². The summed E-state index contributed by atoms with van der Waals surface area (Å²) in [6.07, 6.45) is 3.47. The Hall–Kier alpha value is -1.07. The molecule has 1 saturated heterocycles. The monoisotopic (exact) mass is 243 g/mol. The van der Waals surface area contributed by atoms with Crippen LogP contribution in [-0.2, 0) is 4.74 Å². The van der Waals surface area contributed by atoms with Gasteiger partial charge in [0, 0.05) is 12.7 Å². The number of nitrogens with zero attached hydrogens (tertiary/aromatic N) is 2. The van der Waals surface area contributed by atoms with E-state index in [0.717, 1.165) is 19.4 Å². The molecule has 1 atom stereocenters. The highest BCUT2D eigenvalue weighted by molar-refractivity contribution is 6.29. The Bertz CT molecular complexity index is 336. The first-order valence-corrected chi connectivity index (χ1v) is 5.66. The van der Waals surface area contributed by atoms with E-state index < -0.39 is 0 Å². The second-order valence-electron chi connectivity index (χ2n) is 3.69. The first-order valence-electron chi connectivity index (χ1n) is 5.28. The van der Waals surface area contributed by atoms with Crippen LogP contribution in [0.15, 0.2) is 6.07 Å². The second-order valence-corrected chi connectivity index (χ2v) is 4.07. The van der Waals surface area contributed by atoms with Crippen LogP contribution in [0.2, 0.25) is 5.15 Å². The molecule has 1 fully saturated rings. The molecule has 0 radical (unpaired) electrons. The van der Waals surface area contributed by atoms with Crippen LogP contribution in [0, 0.1) is 0 Å². The van der Waals surface area contributed by atoms with Crippen molar-refractivity contribution >= 4 is 17.5 Å². The normalized spacial score (nSPS) is 20.7. The first kappa shape index (κ1) is 11.4. The third-order valence-electron chi connectivity index (χ3n) is 2.38. The van der Waals surface area contributed by atoms with E-state index in [0.29, 0.717) is 12.5 Å². The molecule has 1 aromatic heterocycles. The molecule has 2 rings (SSSR count). The molecule has 1 aliphatic rings. The van der Waals surface area contributed by atoms with Gasteiger partial charge >= 0.3 is 0 Å². The van der Waals surface area contributed by atoms with Gasteiger partial charge in [-0.1, -0.05) is 11.6 Å². The quantitative estimate of drug-likeness (QED) is 0.818. The van der Waals surface area contributed by atoms with Gasteiger partial charge in [-0.15, -0.1) is 0 Å². The van der Waals surface area contributed by atoms with E-state index in [-0.39, 0.29) is 17.2 Å². The Morgan fingerprint density at radius 3 is 3.06 bits per heavy atom. The molecule has 16 heavy (non-hydrogen) atoms. The molecule has 0 aromatic carbocycles. The number of nitrogens with two attached hydrogens (primary N) is 1. The fourth-order valence-corrected chi connectivity index (χ4v) is 1.78. The maximum atomic E-state index is 5.73. The summed E-state index contributed by atoms with van der Waals surface area (Å²) in [4.78, 5) is 7.67. The minimum Gasteiger partial charge on any atom is -0.475 e. The van der Waals surface area contributed by atoms with Crippen molar-refractivity contribution in [1.82, 2.24) is 9.97 Å². The van der Waals surface area contributed by atoms with Crippen molar-refractivity contribution in [3.63, 3.8) is 0 Å². The molecule has 2 N–H and O–H groups in total. The molecule has 1 aliphatic heterocycles. The maximum absolute atomic E-state index is 5.73. The summed E-state index contributed by atoms with van der Waals surface area (Å²) >= 11 is 5.73. The minimum absolute atomic E-state index is 0.118. The van der Waals surface area contributed by atoms with Gasteiger partial charge in [0.2, 0.25) is 11.8 Å². The molecule has 0 saturated carbocycles. The number of hydrogen-bond donors (Lipinski definition) is 1. The Balaban J connectivity index is 1.88. The van der Waals surface area contributed by atoms with Crippen molar-refractivity contribution in [2.24, 2.45) is 0 Å². The van der Waals surface area contributed by atoms with Gasteiger partial charge in [-0.3, -0.25) is 0 Å². The van der Waals surface area contributed by atoms with Gasteiger partial charge < -0.3 is 15.2 Å². The lowest BCUT2D eigenvalue weighted by Gasteiger charge is -2.22. The lowest BCUT2D eigenvalue weighted by molar-refractivity contribution is -0.0119. The van der Waals surface area contributed by atoms with Gasteiger partial charge in [-0.2, -0.15) is 4.98 Å². The number of ether oxygens (including phenoxy) is 2. The van der Waals surface area contributed by atoms with Crippen LogP contribution in [0.1, 0.15) is 19.3 Å². The maximum Gasteiger partial charge on any atom is 0.224 e. The van der Waals surface area contributed by atoms with Gasteiger partial charge in [-0.05, 0) is 19.3 Å². The van der Waals surface area contributed by atoms with Gasteiger partial charge in [0.15, 0.2) is 0 Å². The van der Waals surface area contributed by atoms with Crippen LogP contribution < -0.4 is 10.5 Å². The molecule has 5 nitrogen and oxygen atoms in total. The van der Waals surface area contributed by atoms with Crippen molar-refractivity contribution in [3.05, 3.63) is 11.2 Å². The standard InChI is InChI=1S/C10H14ClN3O2/c11-8-5-9(14-10(12)13-8)16-6-7-3-1-2-4-15-7/h5,7H,1-4,6H2,(H2,12,13,14). The molecule has 6 heteroatoms. The molecule has 0 aliphatic carbocycles. The number of nitrogen functional groups attached to an aromatic ring is 1. The van der Waals surface area contributed by atoms with E-state index in [1.807, 2.05) is 0 Å². The number of anilines is 1. The largest absolute Gasteiger partial charge is 0.475 e. The van der Waals surface area contributed by atoms with Crippen LogP contribution in [0.25, 0.3) is 0 Å². The number of halogens is 1. The fraction of sp³-hybridized carbons (Fsp3) is 0.600. The predicted octanol–water partition coefficient (Wildman–Crippen LogP) is 1.66. The molecule has 88 valence electrons. The summed E-state index contributed by atoms with van der Waals surface area (Å²) in [6.45, 7) is 1.29. The van der Waals surface area contributed by atoms with E-state index in [1.165, 1.54) is 6.42 Å². The van der Waals surface area contributed by atoms with Crippen LogP contribution in [0.3, 0.4) is 0 Å². The molecular weight excluding hydrogens is 230 g/mol. The Kier molecular flexibility index (Phi) is 3.79. The highest BCUT2D eigenvalue weighted by Crippen LogP contribution is 2.17. The number of aromatic nitrogens is 2. The smallest absolute Gasteiger partial charge is 0.224 e. The highest BCUT2D eigenvalue weighted by Gasteiger charge is 2.14. The summed E-state index contributed by atoms with van der Waals surface area (Å²) < 4.78 is 11.0. The Morgan fingerprint density at radius 1 is 1.50 bits per heavy atom. The zero-order chi connectivity index (χ0) is 11.4. The van der Waals surface area contributed by atoms with Crippen molar-refractivity contribution in [1.29, 1.82) is 0 Å². The van der Waals surface area contributed by atoms with Gasteiger partial charge in [0.05, 0.1) is 6.10 Å². The average molecular weight is 244 g/mol. The van der Waals surface area contributed by atoms with Crippen LogP contribution in [0.5, 0.6) is 5.88 Å². The summed E-state index contributed by atoms with van der Waals surface area (Å²) in [5, 5.41) is 0.284. The number of hydrogen-bond acceptors (Lipinski definition) is 5. The molecular formula is C10H14ClN3O2. The van der Waals surface area contributed by atoms with Crippen LogP contribution in [0.4, 0.5) is 5.95 Å². The van der Waals surface area contributed by atoms with E-state index in [9.17, 15) is 0 Å². The van der Waals surface area contributed by atoms with Gasteiger partial charge in [-0.25, -0.2) is 4.98 Å². The molecule has 0 amide bonds. The van der Waals surface area contributed by atoms with Crippen LogP contribution in [-0.4, -0.2) is 29.3 Å². The molecule has 0 bridgehead atoms. The lowest BCUT2D eigenvalue weighted by Crippen LogP contribution is -2.26. The fourth-order valence-electron chi connectivity index (χ4n) is 1.60. The summed E-state index contributed by atoms with van der Waals surface area (Å²) in [5.41, 5.74) is 5.45. The van der Waals surface area contributed by atoms with E-state index in [2.05, 4.69) is 9.97 Å². The van der Waals surface area contributed by atoms with Gasteiger partial charge in [0.1, 0.15) is 11.8 Å². The molecule has 1 unspecified atom stereocenters. The number of rotatable bonds is 3. The zero-order valence-electron chi connectivity index (χ0n) is 8.86. The third kappa shape index (κ3) is 3.21. The van der Waals surface area contributed by atoms with E-state index in [1.54, 1.807) is 6.07 Å². The highest BCUT2D eigenvalue weighted by atomic mass is 35.5. The summed E-state index contributed by atoms with van der Waals surface area (Å²) in [7, 11) is 0. The minimum atomic E-state index is 0.118.